The molecule has 2 aliphatic rings. The third kappa shape index (κ3) is 4.11. The quantitative estimate of drug-likeness (QED) is 0.182. The average molecular weight is 636 g/mol. The Balaban J connectivity index is 1.30. The van der Waals surface area contributed by atoms with Gasteiger partial charge in [0.15, 0.2) is 0 Å². The molecule has 48 heavy (non-hydrogen) atoms. The second-order valence-corrected chi connectivity index (χ2v) is 13.9. The van der Waals surface area contributed by atoms with Gasteiger partial charge in [0.2, 0.25) is 0 Å². The predicted molar refractivity (Wildman–Crippen MR) is 201 cm³/mol. The SMILES string of the molecule is CC1(C)c2ccccc2-c2ccc(N(c3ccc(Cl)cc3)c3ccc4c(c3)C(c3ccccc3)(c3ccccc3)c3ccccc3-4)cc21. The second kappa shape index (κ2) is 10.8. The zero-order valence-electron chi connectivity index (χ0n) is 27.0. The van der Waals surface area contributed by atoms with Crippen LogP contribution in [0, 0.1) is 0 Å². The number of nitrogens with zero attached hydrogens (tertiary/aromatic N) is 1. The van der Waals surface area contributed by atoms with Gasteiger partial charge in [0.05, 0.1) is 5.41 Å². The van der Waals surface area contributed by atoms with Gasteiger partial charge in [-0.2, -0.15) is 0 Å². The molecular weight excluding hydrogens is 602 g/mol. The van der Waals surface area contributed by atoms with Crippen LogP contribution in [0.3, 0.4) is 0 Å². The molecule has 0 bridgehead atoms. The molecule has 0 saturated heterocycles. The molecule has 9 rings (SSSR count). The van der Waals surface area contributed by atoms with Gasteiger partial charge in [-0.05, 0) is 104 Å². The van der Waals surface area contributed by atoms with Gasteiger partial charge in [-0.15, -0.1) is 0 Å². The molecule has 2 aliphatic carbocycles. The number of benzene rings is 7. The minimum Gasteiger partial charge on any atom is -0.310 e. The highest BCUT2D eigenvalue weighted by Gasteiger charge is 2.46. The van der Waals surface area contributed by atoms with E-state index in [-0.39, 0.29) is 5.41 Å². The number of hydrogen-bond acceptors (Lipinski definition) is 1. The molecule has 7 aromatic rings. The first-order valence-electron chi connectivity index (χ1n) is 16.6. The standard InChI is InChI=1S/C46H34ClN/c1-45(2)41-19-11-9-17-37(41)39-27-25-35(29-43(39)45)48(34-23-21-33(47)22-24-34)36-26-28-40-38-18-10-12-20-42(38)46(44(40)30-36,31-13-5-3-6-14-31)32-15-7-4-8-16-32/h3-30H,1-2H3. The Bertz CT molecular complexity index is 2280. The van der Waals surface area contributed by atoms with Gasteiger partial charge in [-0.1, -0.05) is 147 Å². The minimum atomic E-state index is -0.475. The van der Waals surface area contributed by atoms with E-state index >= 15 is 0 Å². The van der Waals surface area contributed by atoms with E-state index < -0.39 is 5.41 Å². The summed E-state index contributed by atoms with van der Waals surface area (Å²) in [7, 11) is 0. The van der Waals surface area contributed by atoms with E-state index in [2.05, 4.69) is 176 Å². The third-order valence-corrected chi connectivity index (χ3v) is 10.9. The molecule has 0 atom stereocenters. The van der Waals surface area contributed by atoms with Crippen molar-refractivity contribution in [3.8, 4) is 22.3 Å². The summed E-state index contributed by atoms with van der Waals surface area (Å²) in [5, 5.41) is 0.723. The highest BCUT2D eigenvalue weighted by atomic mass is 35.5. The van der Waals surface area contributed by atoms with Crippen LogP contribution in [0.4, 0.5) is 17.1 Å². The van der Waals surface area contributed by atoms with Crippen LogP contribution in [0.25, 0.3) is 22.3 Å². The van der Waals surface area contributed by atoms with Gasteiger partial charge in [0, 0.05) is 27.5 Å². The van der Waals surface area contributed by atoms with Crippen molar-refractivity contribution in [2.24, 2.45) is 0 Å². The first-order chi connectivity index (χ1) is 23.5. The molecule has 0 amide bonds. The van der Waals surface area contributed by atoms with Crippen molar-refractivity contribution in [2.45, 2.75) is 24.7 Å². The smallest absolute Gasteiger partial charge is 0.0714 e. The molecule has 0 fully saturated rings. The fraction of sp³-hybridized carbons (Fsp3) is 0.0870. The summed E-state index contributed by atoms with van der Waals surface area (Å²) in [4.78, 5) is 2.39. The van der Waals surface area contributed by atoms with Gasteiger partial charge in [0.25, 0.3) is 0 Å². The zero-order valence-corrected chi connectivity index (χ0v) is 27.7. The molecule has 1 nitrogen and oxygen atoms in total. The number of rotatable bonds is 5. The number of anilines is 3. The molecule has 0 spiro atoms. The van der Waals surface area contributed by atoms with Crippen LogP contribution < -0.4 is 4.90 Å². The van der Waals surface area contributed by atoms with E-state index in [0.29, 0.717) is 0 Å². The van der Waals surface area contributed by atoms with E-state index in [4.69, 9.17) is 11.6 Å². The lowest BCUT2D eigenvalue weighted by Crippen LogP contribution is -2.28. The molecule has 230 valence electrons. The first-order valence-corrected chi connectivity index (χ1v) is 17.0. The Morgan fingerprint density at radius 3 is 1.44 bits per heavy atom. The molecule has 2 heteroatoms. The lowest BCUT2D eigenvalue weighted by atomic mass is 9.67. The van der Waals surface area contributed by atoms with Gasteiger partial charge in [0.1, 0.15) is 0 Å². The van der Waals surface area contributed by atoms with Crippen molar-refractivity contribution in [3.63, 3.8) is 0 Å². The number of halogens is 1. The first kappa shape index (κ1) is 28.8. The molecule has 0 aliphatic heterocycles. The normalized spacial score (nSPS) is 14.5. The summed E-state index contributed by atoms with van der Waals surface area (Å²) in [5.74, 6) is 0. The molecular formula is C46H34ClN. The lowest BCUT2D eigenvalue weighted by molar-refractivity contribution is 0.660. The van der Waals surface area contributed by atoms with E-state index in [9.17, 15) is 0 Å². The minimum absolute atomic E-state index is 0.108. The summed E-state index contributed by atoms with van der Waals surface area (Å²) in [6.07, 6.45) is 0. The molecule has 0 unspecified atom stereocenters. The van der Waals surface area contributed by atoms with Crippen molar-refractivity contribution < 1.29 is 0 Å². The van der Waals surface area contributed by atoms with Crippen LogP contribution in [0.5, 0.6) is 0 Å². The fourth-order valence-electron chi connectivity index (χ4n) is 8.44. The summed E-state index contributed by atoms with van der Waals surface area (Å²) >= 11 is 6.46. The molecule has 0 saturated carbocycles. The summed E-state index contributed by atoms with van der Waals surface area (Å²) in [6, 6.07) is 62.0. The summed E-state index contributed by atoms with van der Waals surface area (Å²) in [6.45, 7) is 4.68. The summed E-state index contributed by atoms with van der Waals surface area (Å²) in [5.41, 5.74) is 15.7. The zero-order chi connectivity index (χ0) is 32.5. The fourth-order valence-corrected chi connectivity index (χ4v) is 8.57. The maximum atomic E-state index is 6.46. The van der Waals surface area contributed by atoms with E-state index in [1.165, 1.54) is 55.6 Å². The highest BCUT2D eigenvalue weighted by Crippen LogP contribution is 2.57. The molecule has 0 N–H and O–H groups in total. The maximum Gasteiger partial charge on any atom is 0.0714 e. The van der Waals surface area contributed by atoms with Crippen molar-refractivity contribution in [1.29, 1.82) is 0 Å². The Labute approximate surface area is 287 Å². The Morgan fingerprint density at radius 2 is 0.833 bits per heavy atom. The van der Waals surface area contributed by atoms with Gasteiger partial charge in [-0.25, -0.2) is 0 Å². The largest absolute Gasteiger partial charge is 0.310 e. The van der Waals surface area contributed by atoms with Crippen LogP contribution in [0.2, 0.25) is 5.02 Å². The van der Waals surface area contributed by atoms with Gasteiger partial charge >= 0.3 is 0 Å². The van der Waals surface area contributed by atoms with Crippen molar-refractivity contribution in [3.05, 3.63) is 208 Å². The molecule has 0 aromatic heterocycles. The molecule has 0 radical (unpaired) electrons. The topological polar surface area (TPSA) is 3.24 Å². The maximum absolute atomic E-state index is 6.46. The predicted octanol–water partition coefficient (Wildman–Crippen LogP) is 12.5. The van der Waals surface area contributed by atoms with Crippen LogP contribution in [-0.4, -0.2) is 0 Å². The second-order valence-electron chi connectivity index (χ2n) is 13.5. The Hall–Kier alpha value is -5.37. The van der Waals surface area contributed by atoms with Crippen molar-refractivity contribution in [2.75, 3.05) is 4.90 Å². The average Bonchev–Trinajstić information content (AvgIpc) is 3.56. The number of hydrogen-bond donors (Lipinski definition) is 0. The number of fused-ring (bicyclic) bond motifs is 6. The van der Waals surface area contributed by atoms with E-state index in [1.807, 2.05) is 12.1 Å². The van der Waals surface area contributed by atoms with Gasteiger partial charge < -0.3 is 4.90 Å². The summed E-state index contributed by atoms with van der Waals surface area (Å²) < 4.78 is 0. The van der Waals surface area contributed by atoms with Crippen molar-refractivity contribution in [1.82, 2.24) is 0 Å². The van der Waals surface area contributed by atoms with Crippen LogP contribution in [0.15, 0.2) is 170 Å². The van der Waals surface area contributed by atoms with E-state index in [1.54, 1.807) is 0 Å². The Morgan fingerprint density at radius 1 is 0.396 bits per heavy atom. The van der Waals surface area contributed by atoms with Crippen molar-refractivity contribution >= 4 is 28.7 Å². The Kier molecular flexibility index (Phi) is 6.51. The molecule has 0 heterocycles. The molecule has 7 aromatic carbocycles. The third-order valence-electron chi connectivity index (χ3n) is 10.6. The monoisotopic (exact) mass is 635 g/mol. The van der Waals surface area contributed by atoms with Crippen LogP contribution in [-0.2, 0) is 10.8 Å². The van der Waals surface area contributed by atoms with Crippen LogP contribution in [0.1, 0.15) is 47.2 Å². The van der Waals surface area contributed by atoms with Crippen LogP contribution >= 0.6 is 11.6 Å². The highest BCUT2D eigenvalue weighted by molar-refractivity contribution is 6.30. The van der Waals surface area contributed by atoms with E-state index in [0.717, 1.165) is 22.1 Å². The lowest BCUT2D eigenvalue weighted by Gasteiger charge is -2.35. The van der Waals surface area contributed by atoms with Gasteiger partial charge in [-0.3, -0.25) is 0 Å².